The summed E-state index contributed by atoms with van der Waals surface area (Å²) in [5.74, 6) is 0. The van der Waals surface area contributed by atoms with Crippen LogP contribution in [-0.4, -0.2) is 25.6 Å². The number of hydrogen-bond donors (Lipinski definition) is 1. The fourth-order valence-corrected chi connectivity index (χ4v) is 4.96. The molecule has 150 valence electrons. The number of nitrogens with zero attached hydrogens (tertiary/aromatic N) is 3. The second kappa shape index (κ2) is 7.64. The van der Waals surface area contributed by atoms with Crippen LogP contribution in [0.25, 0.3) is 5.69 Å². The zero-order valence-corrected chi connectivity index (χ0v) is 18.5. The zero-order chi connectivity index (χ0) is 20.7. The highest BCUT2D eigenvalue weighted by molar-refractivity contribution is 7.80. The standard InChI is InChI=1S/C24H28N4S/c1-15(2)27-23(22(26-24(27)29)21-11-6-7-12-25-21)20-14-17(4)28(18(20)5)19-10-8-9-16(3)13-19/h6-15,22-23H,1-5H3,(H,26,29)/t22-,23-/m1/s1. The maximum absolute atomic E-state index is 5.74. The van der Waals surface area contributed by atoms with E-state index in [-0.39, 0.29) is 18.1 Å². The highest BCUT2D eigenvalue weighted by Crippen LogP contribution is 2.42. The number of nitrogens with one attached hydrogen (secondary N) is 1. The van der Waals surface area contributed by atoms with Crippen molar-refractivity contribution in [3.05, 3.63) is 82.9 Å². The normalized spacial score (nSPS) is 19.1. The molecule has 3 heterocycles. The first-order chi connectivity index (χ1) is 13.9. The quantitative estimate of drug-likeness (QED) is 0.608. The van der Waals surface area contributed by atoms with Crippen molar-refractivity contribution in [1.82, 2.24) is 19.8 Å². The van der Waals surface area contributed by atoms with E-state index in [1.54, 1.807) is 0 Å². The molecule has 1 aromatic carbocycles. The number of pyridine rings is 1. The van der Waals surface area contributed by atoms with Crippen LogP contribution >= 0.6 is 12.2 Å². The SMILES string of the molecule is Cc1cccc(-n2c(C)cc([C@@H]3[C@@H](c4ccccn4)NC(=S)N3C(C)C)c2C)c1. The Bertz CT molecular complexity index is 1040. The van der Waals surface area contributed by atoms with Gasteiger partial charge in [0.15, 0.2) is 5.11 Å². The molecule has 0 aliphatic carbocycles. The van der Waals surface area contributed by atoms with E-state index in [1.807, 2.05) is 18.3 Å². The molecule has 4 nitrogen and oxygen atoms in total. The Morgan fingerprint density at radius 3 is 2.48 bits per heavy atom. The third kappa shape index (κ3) is 3.44. The Balaban J connectivity index is 1.86. The predicted octanol–water partition coefficient (Wildman–Crippen LogP) is 5.18. The zero-order valence-electron chi connectivity index (χ0n) is 17.7. The number of aryl methyl sites for hydroxylation is 2. The maximum Gasteiger partial charge on any atom is 0.170 e. The van der Waals surface area contributed by atoms with E-state index in [2.05, 4.69) is 90.8 Å². The first-order valence-corrected chi connectivity index (χ1v) is 10.5. The molecular formula is C24H28N4S. The summed E-state index contributed by atoms with van der Waals surface area (Å²) in [4.78, 5) is 6.95. The Kier molecular flexibility index (Phi) is 5.17. The van der Waals surface area contributed by atoms with E-state index in [0.29, 0.717) is 0 Å². The minimum Gasteiger partial charge on any atom is -0.352 e. The lowest BCUT2D eigenvalue weighted by molar-refractivity contribution is 0.269. The second-order valence-electron chi connectivity index (χ2n) is 8.13. The minimum atomic E-state index is 0.0255. The molecule has 1 saturated heterocycles. The van der Waals surface area contributed by atoms with Crippen molar-refractivity contribution in [1.29, 1.82) is 0 Å². The van der Waals surface area contributed by atoms with Crippen LogP contribution in [-0.2, 0) is 0 Å². The highest BCUT2D eigenvalue weighted by atomic mass is 32.1. The lowest BCUT2D eigenvalue weighted by Crippen LogP contribution is -2.35. The first kappa shape index (κ1) is 19.6. The summed E-state index contributed by atoms with van der Waals surface area (Å²) in [5, 5.41) is 4.33. The van der Waals surface area contributed by atoms with Crippen LogP contribution in [0.2, 0.25) is 0 Å². The van der Waals surface area contributed by atoms with E-state index in [9.17, 15) is 0 Å². The molecule has 3 aromatic rings. The Hall–Kier alpha value is -2.66. The van der Waals surface area contributed by atoms with Gasteiger partial charge in [0.2, 0.25) is 0 Å². The average molecular weight is 405 g/mol. The predicted molar refractivity (Wildman–Crippen MR) is 122 cm³/mol. The van der Waals surface area contributed by atoms with Gasteiger partial charge in [-0.25, -0.2) is 0 Å². The van der Waals surface area contributed by atoms with Gasteiger partial charge in [-0.15, -0.1) is 0 Å². The van der Waals surface area contributed by atoms with Crippen LogP contribution in [0.15, 0.2) is 54.7 Å². The molecule has 1 N–H and O–H groups in total. The van der Waals surface area contributed by atoms with Crippen LogP contribution in [0.1, 0.15) is 54.1 Å². The van der Waals surface area contributed by atoms with E-state index in [0.717, 1.165) is 10.8 Å². The van der Waals surface area contributed by atoms with Crippen LogP contribution in [0.3, 0.4) is 0 Å². The third-order valence-corrected chi connectivity index (χ3v) is 6.07. The summed E-state index contributed by atoms with van der Waals surface area (Å²) < 4.78 is 2.34. The Labute approximate surface area is 178 Å². The summed E-state index contributed by atoms with van der Waals surface area (Å²) in [7, 11) is 0. The van der Waals surface area contributed by atoms with Crippen molar-refractivity contribution in [2.24, 2.45) is 0 Å². The number of benzene rings is 1. The number of thiocarbonyl (C=S) groups is 1. The van der Waals surface area contributed by atoms with E-state index in [1.165, 1.54) is 28.2 Å². The third-order valence-electron chi connectivity index (χ3n) is 5.74. The molecule has 5 heteroatoms. The molecule has 0 unspecified atom stereocenters. The molecule has 29 heavy (non-hydrogen) atoms. The first-order valence-electron chi connectivity index (χ1n) is 10.1. The monoisotopic (exact) mass is 404 g/mol. The summed E-state index contributed by atoms with van der Waals surface area (Å²) >= 11 is 5.74. The lowest BCUT2D eigenvalue weighted by Gasteiger charge is -2.31. The molecule has 0 bridgehead atoms. The molecule has 2 aromatic heterocycles. The van der Waals surface area contributed by atoms with E-state index in [4.69, 9.17) is 12.2 Å². The van der Waals surface area contributed by atoms with Crippen LogP contribution in [0, 0.1) is 20.8 Å². The van der Waals surface area contributed by atoms with Gasteiger partial charge in [-0.1, -0.05) is 18.2 Å². The van der Waals surface area contributed by atoms with Crippen LogP contribution in [0.4, 0.5) is 0 Å². The molecule has 1 aliphatic rings. The van der Waals surface area contributed by atoms with Gasteiger partial charge in [0.25, 0.3) is 0 Å². The van der Waals surface area contributed by atoms with Crippen molar-refractivity contribution in [3.63, 3.8) is 0 Å². The molecule has 1 aliphatic heterocycles. The van der Waals surface area contributed by atoms with Gasteiger partial charge < -0.3 is 14.8 Å². The second-order valence-corrected chi connectivity index (χ2v) is 8.52. The largest absolute Gasteiger partial charge is 0.352 e. The Morgan fingerprint density at radius 2 is 1.83 bits per heavy atom. The number of rotatable bonds is 4. The van der Waals surface area contributed by atoms with Crippen molar-refractivity contribution < 1.29 is 0 Å². The molecule has 0 saturated carbocycles. The van der Waals surface area contributed by atoms with Gasteiger partial charge in [0.1, 0.15) is 0 Å². The van der Waals surface area contributed by atoms with E-state index < -0.39 is 0 Å². The van der Waals surface area contributed by atoms with Gasteiger partial charge >= 0.3 is 0 Å². The highest BCUT2D eigenvalue weighted by Gasteiger charge is 2.42. The molecule has 4 rings (SSSR count). The topological polar surface area (TPSA) is 33.1 Å². The average Bonchev–Trinajstić information content (AvgIpc) is 3.18. The van der Waals surface area contributed by atoms with Gasteiger partial charge in [-0.2, -0.15) is 0 Å². The van der Waals surface area contributed by atoms with Crippen LogP contribution in [0.5, 0.6) is 0 Å². The summed E-state index contributed by atoms with van der Waals surface area (Å²) in [6.45, 7) is 10.9. The summed E-state index contributed by atoms with van der Waals surface area (Å²) in [5.41, 5.74) is 7.24. The summed E-state index contributed by atoms with van der Waals surface area (Å²) in [6, 6.07) is 17.5. The van der Waals surface area contributed by atoms with Gasteiger partial charge in [0.05, 0.1) is 17.8 Å². The minimum absolute atomic E-state index is 0.0255. The molecule has 1 fully saturated rings. The van der Waals surface area contributed by atoms with E-state index >= 15 is 0 Å². The molecule has 0 radical (unpaired) electrons. The summed E-state index contributed by atoms with van der Waals surface area (Å²) in [6.07, 6.45) is 1.85. The number of aromatic nitrogens is 2. The molecule has 0 spiro atoms. The fourth-order valence-electron chi connectivity index (χ4n) is 4.51. The Morgan fingerprint density at radius 1 is 1.03 bits per heavy atom. The number of hydrogen-bond acceptors (Lipinski definition) is 2. The van der Waals surface area contributed by atoms with Crippen molar-refractivity contribution >= 4 is 17.3 Å². The van der Waals surface area contributed by atoms with Crippen LogP contribution < -0.4 is 5.32 Å². The molecular weight excluding hydrogens is 376 g/mol. The van der Waals surface area contributed by atoms with Crippen molar-refractivity contribution in [3.8, 4) is 5.69 Å². The van der Waals surface area contributed by atoms with Gasteiger partial charge in [-0.3, -0.25) is 4.98 Å². The van der Waals surface area contributed by atoms with Crippen molar-refractivity contribution in [2.75, 3.05) is 0 Å². The fraction of sp³-hybridized carbons (Fsp3) is 0.333. The molecule has 0 amide bonds. The maximum atomic E-state index is 5.74. The van der Waals surface area contributed by atoms with Gasteiger partial charge in [-0.05, 0) is 88.3 Å². The van der Waals surface area contributed by atoms with Gasteiger partial charge in [0, 0.05) is 29.3 Å². The smallest absolute Gasteiger partial charge is 0.170 e. The molecule has 2 atom stereocenters. The lowest BCUT2D eigenvalue weighted by atomic mass is 9.96. The van der Waals surface area contributed by atoms with Crippen molar-refractivity contribution in [2.45, 2.75) is 52.7 Å².